The standard InChI is InChI=1S/C13H8F2N2O/c1-18-12-3-2-9(5-10(12)14)13-11(15)4-8(6-16)7-17-13/h2-5,7H,1H3. The highest BCUT2D eigenvalue weighted by Gasteiger charge is 2.11. The molecule has 0 aliphatic rings. The fourth-order valence-electron chi connectivity index (χ4n) is 1.53. The van der Waals surface area contributed by atoms with Crippen molar-refractivity contribution in [3.63, 3.8) is 0 Å². The normalized spacial score (nSPS) is 9.89. The zero-order chi connectivity index (χ0) is 13.1. The van der Waals surface area contributed by atoms with Gasteiger partial charge < -0.3 is 4.74 Å². The molecule has 0 spiro atoms. The van der Waals surface area contributed by atoms with Crippen molar-refractivity contribution in [2.75, 3.05) is 7.11 Å². The van der Waals surface area contributed by atoms with Crippen LogP contribution < -0.4 is 4.74 Å². The van der Waals surface area contributed by atoms with Crippen LogP contribution in [0.15, 0.2) is 30.5 Å². The maximum absolute atomic E-state index is 13.7. The van der Waals surface area contributed by atoms with Gasteiger partial charge in [-0.1, -0.05) is 0 Å². The Kier molecular flexibility index (Phi) is 3.20. The average molecular weight is 246 g/mol. The van der Waals surface area contributed by atoms with E-state index in [0.29, 0.717) is 0 Å². The molecule has 2 aromatic rings. The monoisotopic (exact) mass is 246 g/mol. The Bertz CT molecular complexity index is 635. The van der Waals surface area contributed by atoms with Crippen molar-refractivity contribution < 1.29 is 13.5 Å². The summed E-state index contributed by atoms with van der Waals surface area (Å²) in [6.45, 7) is 0. The predicted molar refractivity (Wildman–Crippen MR) is 60.9 cm³/mol. The summed E-state index contributed by atoms with van der Waals surface area (Å²) in [7, 11) is 1.35. The van der Waals surface area contributed by atoms with Crippen molar-refractivity contribution in [3.8, 4) is 23.1 Å². The van der Waals surface area contributed by atoms with Gasteiger partial charge in [-0.25, -0.2) is 8.78 Å². The van der Waals surface area contributed by atoms with Gasteiger partial charge in [0.25, 0.3) is 0 Å². The first-order valence-corrected chi connectivity index (χ1v) is 5.05. The molecule has 3 nitrogen and oxygen atoms in total. The van der Waals surface area contributed by atoms with Crippen LogP contribution in [0.5, 0.6) is 5.75 Å². The third-order valence-electron chi connectivity index (χ3n) is 2.40. The first kappa shape index (κ1) is 12.0. The van der Waals surface area contributed by atoms with E-state index in [4.69, 9.17) is 10.00 Å². The lowest BCUT2D eigenvalue weighted by molar-refractivity contribution is 0.386. The van der Waals surface area contributed by atoms with E-state index in [-0.39, 0.29) is 22.6 Å². The van der Waals surface area contributed by atoms with Crippen LogP contribution in [0.1, 0.15) is 5.56 Å². The van der Waals surface area contributed by atoms with Gasteiger partial charge in [-0.05, 0) is 24.3 Å². The van der Waals surface area contributed by atoms with Gasteiger partial charge in [-0.2, -0.15) is 5.26 Å². The molecule has 2 rings (SSSR count). The topological polar surface area (TPSA) is 45.9 Å². The number of methoxy groups -OCH3 is 1. The molecule has 0 unspecified atom stereocenters. The minimum atomic E-state index is -0.668. The van der Waals surface area contributed by atoms with Crippen LogP contribution in [0.25, 0.3) is 11.3 Å². The number of nitriles is 1. The average Bonchev–Trinajstić information content (AvgIpc) is 2.38. The van der Waals surface area contributed by atoms with Gasteiger partial charge in [0.15, 0.2) is 17.4 Å². The molecule has 0 atom stereocenters. The summed E-state index contributed by atoms with van der Waals surface area (Å²) in [4.78, 5) is 3.81. The van der Waals surface area contributed by atoms with Gasteiger partial charge in [-0.3, -0.25) is 4.98 Å². The second kappa shape index (κ2) is 4.80. The molecule has 0 saturated carbocycles. The molecule has 5 heteroatoms. The van der Waals surface area contributed by atoms with Gasteiger partial charge in [0.05, 0.1) is 12.7 Å². The molecule has 0 radical (unpaired) electrons. The van der Waals surface area contributed by atoms with Gasteiger partial charge in [0.1, 0.15) is 11.8 Å². The highest BCUT2D eigenvalue weighted by molar-refractivity contribution is 5.61. The van der Waals surface area contributed by atoms with Crippen LogP contribution >= 0.6 is 0 Å². The van der Waals surface area contributed by atoms with E-state index in [9.17, 15) is 8.78 Å². The predicted octanol–water partition coefficient (Wildman–Crippen LogP) is 2.91. The van der Waals surface area contributed by atoms with Crippen LogP contribution in [-0.2, 0) is 0 Å². The Balaban J connectivity index is 2.49. The molecular weight excluding hydrogens is 238 g/mol. The summed E-state index contributed by atoms with van der Waals surface area (Å²) >= 11 is 0. The van der Waals surface area contributed by atoms with Crippen molar-refractivity contribution in [3.05, 3.63) is 47.7 Å². The molecule has 0 fully saturated rings. The van der Waals surface area contributed by atoms with Crippen molar-refractivity contribution in [2.24, 2.45) is 0 Å². The number of halogens is 2. The van der Waals surface area contributed by atoms with E-state index >= 15 is 0 Å². The fraction of sp³-hybridized carbons (Fsp3) is 0.0769. The van der Waals surface area contributed by atoms with E-state index in [2.05, 4.69) is 4.98 Å². The van der Waals surface area contributed by atoms with E-state index < -0.39 is 11.6 Å². The van der Waals surface area contributed by atoms with Gasteiger partial charge in [0.2, 0.25) is 0 Å². The van der Waals surface area contributed by atoms with Crippen molar-refractivity contribution in [1.29, 1.82) is 5.26 Å². The molecule has 0 aliphatic heterocycles. The second-order valence-electron chi connectivity index (χ2n) is 3.52. The molecule has 1 heterocycles. The number of aromatic nitrogens is 1. The smallest absolute Gasteiger partial charge is 0.165 e. The van der Waals surface area contributed by atoms with Crippen LogP contribution in [0.3, 0.4) is 0 Å². The molecule has 0 amide bonds. The summed E-state index contributed by atoms with van der Waals surface area (Å²) in [6.07, 6.45) is 1.24. The SMILES string of the molecule is COc1ccc(-c2ncc(C#N)cc2F)cc1F. The van der Waals surface area contributed by atoms with Crippen molar-refractivity contribution >= 4 is 0 Å². The number of pyridine rings is 1. The van der Waals surface area contributed by atoms with Crippen LogP contribution in [0.2, 0.25) is 0 Å². The molecule has 18 heavy (non-hydrogen) atoms. The van der Waals surface area contributed by atoms with E-state index in [1.165, 1.54) is 25.4 Å². The lowest BCUT2D eigenvalue weighted by Crippen LogP contribution is -1.93. The molecule has 0 bridgehead atoms. The van der Waals surface area contributed by atoms with Crippen molar-refractivity contribution in [2.45, 2.75) is 0 Å². The minimum Gasteiger partial charge on any atom is -0.494 e. The molecule has 0 saturated heterocycles. The van der Waals surface area contributed by atoms with E-state index in [1.807, 2.05) is 0 Å². The zero-order valence-electron chi connectivity index (χ0n) is 9.45. The van der Waals surface area contributed by atoms with Gasteiger partial charge >= 0.3 is 0 Å². The summed E-state index contributed by atoms with van der Waals surface area (Å²) < 4.78 is 31.9. The van der Waals surface area contributed by atoms with Gasteiger partial charge in [0, 0.05) is 11.8 Å². The summed E-state index contributed by atoms with van der Waals surface area (Å²) in [5.41, 5.74) is 0.399. The molecule has 1 aromatic heterocycles. The summed E-state index contributed by atoms with van der Waals surface area (Å²) in [5, 5.41) is 8.60. The highest BCUT2D eigenvalue weighted by atomic mass is 19.1. The molecular formula is C13H8F2N2O. The molecule has 1 aromatic carbocycles. The molecule has 90 valence electrons. The molecule has 0 aliphatic carbocycles. The van der Waals surface area contributed by atoms with Crippen LogP contribution in [0, 0.1) is 23.0 Å². The van der Waals surface area contributed by atoms with E-state index in [1.54, 1.807) is 6.07 Å². The fourth-order valence-corrected chi connectivity index (χ4v) is 1.53. The Labute approximate surface area is 102 Å². The lowest BCUT2D eigenvalue weighted by Gasteiger charge is -2.05. The maximum atomic E-state index is 13.7. The Morgan fingerprint density at radius 2 is 2.00 bits per heavy atom. The zero-order valence-corrected chi connectivity index (χ0v) is 9.45. The Morgan fingerprint density at radius 1 is 1.22 bits per heavy atom. The van der Waals surface area contributed by atoms with Crippen molar-refractivity contribution in [1.82, 2.24) is 4.98 Å². The van der Waals surface area contributed by atoms with Crippen LogP contribution in [-0.4, -0.2) is 12.1 Å². The van der Waals surface area contributed by atoms with E-state index in [0.717, 1.165) is 12.1 Å². The lowest BCUT2D eigenvalue weighted by atomic mass is 10.1. The number of rotatable bonds is 2. The third kappa shape index (κ3) is 2.13. The third-order valence-corrected chi connectivity index (χ3v) is 2.40. The van der Waals surface area contributed by atoms with Gasteiger partial charge in [-0.15, -0.1) is 0 Å². The Hall–Kier alpha value is -2.48. The molecule has 0 N–H and O–H groups in total. The number of nitrogens with zero attached hydrogens (tertiary/aromatic N) is 2. The summed E-state index contributed by atoms with van der Waals surface area (Å²) in [6, 6.07) is 6.87. The first-order chi connectivity index (χ1) is 8.65. The van der Waals surface area contributed by atoms with Crippen LogP contribution in [0.4, 0.5) is 8.78 Å². The number of ether oxygens (including phenoxy) is 1. The maximum Gasteiger partial charge on any atom is 0.165 e. The number of hydrogen-bond acceptors (Lipinski definition) is 3. The minimum absolute atomic E-state index is 0.00412. The Morgan fingerprint density at radius 3 is 2.56 bits per heavy atom. The number of hydrogen-bond donors (Lipinski definition) is 0. The quantitative estimate of drug-likeness (QED) is 0.818. The highest BCUT2D eigenvalue weighted by Crippen LogP contribution is 2.26. The second-order valence-corrected chi connectivity index (χ2v) is 3.52. The number of benzene rings is 1. The largest absolute Gasteiger partial charge is 0.494 e. The summed E-state index contributed by atoms with van der Waals surface area (Å²) in [5.74, 6) is -1.19. The first-order valence-electron chi connectivity index (χ1n) is 5.05.